The van der Waals surface area contributed by atoms with Crippen LogP contribution in [0.1, 0.15) is 27.0 Å². The van der Waals surface area contributed by atoms with Gasteiger partial charge in [0.05, 0.1) is 13.1 Å². The molecular formula is C27H19ClN4O3. The molecule has 0 amide bonds. The van der Waals surface area contributed by atoms with Crippen LogP contribution in [-0.2, 0) is 13.1 Å². The molecule has 0 spiro atoms. The molecule has 3 aromatic carbocycles. The number of hydrogen-bond donors (Lipinski definition) is 0. The number of rotatable bonds is 6. The number of fused-ring (bicyclic) bond motifs is 1. The van der Waals surface area contributed by atoms with Crippen LogP contribution in [0.25, 0.3) is 11.2 Å². The van der Waals surface area contributed by atoms with Crippen molar-refractivity contribution in [3.63, 3.8) is 0 Å². The molecule has 7 nitrogen and oxygen atoms in total. The summed E-state index contributed by atoms with van der Waals surface area (Å²) in [5.74, 6) is -0.0813. The lowest BCUT2D eigenvalue weighted by Crippen LogP contribution is -2.41. The average molecular weight is 483 g/mol. The highest BCUT2D eigenvalue weighted by molar-refractivity contribution is 6.30. The van der Waals surface area contributed by atoms with Gasteiger partial charge in [0.1, 0.15) is 0 Å². The summed E-state index contributed by atoms with van der Waals surface area (Å²) in [5, 5.41) is 0.567. The normalized spacial score (nSPS) is 11.0. The minimum absolute atomic E-state index is 0.0753. The minimum Gasteiger partial charge on any atom is -0.289 e. The SMILES string of the molecule is O=C(c1ccccc1)c1ccc(Cn2c(=O)n(Cc3ccc(Cl)cc3)c(=O)c3nccnc32)cc1. The van der Waals surface area contributed by atoms with Crippen LogP contribution < -0.4 is 11.2 Å². The van der Waals surface area contributed by atoms with Crippen LogP contribution in [0.15, 0.2) is 101 Å². The van der Waals surface area contributed by atoms with Crippen LogP contribution in [0.2, 0.25) is 5.02 Å². The summed E-state index contributed by atoms with van der Waals surface area (Å²) < 4.78 is 2.57. The fraction of sp³-hybridized carbons (Fsp3) is 0.0741. The predicted octanol–water partition coefficient (Wildman–Crippen LogP) is 3.93. The molecule has 0 unspecified atom stereocenters. The molecule has 0 fully saturated rings. The van der Waals surface area contributed by atoms with Crippen LogP contribution in [0.5, 0.6) is 0 Å². The van der Waals surface area contributed by atoms with Crippen LogP contribution in [0.3, 0.4) is 0 Å². The number of hydrogen-bond acceptors (Lipinski definition) is 5. The second-order valence-electron chi connectivity index (χ2n) is 8.01. The molecule has 0 radical (unpaired) electrons. The lowest BCUT2D eigenvalue weighted by atomic mass is 10.0. The Bertz CT molecular complexity index is 1640. The number of carbonyl (C=O) groups excluding carboxylic acids is 1. The van der Waals surface area contributed by atoms with E-state index in [2.05, 4.69) is 9.97 Å². The first-order valence-corrected chi connectivity index (χ1v) is 11.3. The first-order chi connectivity index (χ1) is 17.0. The quantitative estimate of drug-likeness (QED) is 0.342. The molecule has 35 heavy (non-hydrogen) atoms. The molecule has 5 rings (SSSR count). The topological polar surface area (TPSA) is 86.9 Å². The smallest absolute Gasteiger partial charge is 0.289 e. The highest BCUT2D eigenvalue weighted by Gasteiger charge is 2.16. The number of nitrogens with zero attached hydrogens (tertiary/aromatic N) is 4. The largest absolute Gasteiger partial charge is 0.333 e. The van der Waals surface area contributed by atoms with Crippen molar-refractivity contribution in [2.75, 3.05) is 0 Å². The molecule has 0 atom stereocenters. The summed E-state index contributed by atoms with van der Waals surface area (Å²) in [6, 6.07) is 23.0. The number of benzene rings is 3. The summed E-state index contributed by atoms with van der Waals surface area (Å²) in [6.07, 6.45) is 2.87. The van der Waals surface area contributed by atoms with Gasteiger partial charge in [0.2, 0.25) is 0 Å². The van der Waals surface area contributed by atoms with Gasteiger partial charge in [0.15, 0.2) is 16.9 Å². The minimum atomic E-state index is -0.506. The number of ketones is 1. The maximum atomic E-state index is 13.4. The third-order valence-corrected chi connectivity index (χ3v) is 5.94. The number of carbonyl (C=O) groups is 1. The molecule has 0 aliphatic rings. The van der Waals surface area contributed by atoms with E-state index in [4.69, 9.17) is 11.6 Å². The maximum absolute atomic E-state index is 13.4. The molecule has 8 heteroatoms. The van der Waals surface area contributed by atoms with Crippen LogP contribution in [0, 0.1) is 0 Å². The zero-order valence-corrected chi connectivity index (χ0v) is 19.2. The first kappa shape index (κ1) is 22.4. The van der Waals surface area contributed by atoms with Gasteiger partial charge in [-0.15, -0.1) is 0 Å². The Balaban J connectivity index is 1.52. The standard InChI is InChI=1S/C27H19ClN4O3/c28-22-12-8-19(9-13-22)17-32-26(34)23-25(30-15-14-29-23)31(27(32)35)16-18-6-10-21(11-7-18)24(33)20-4-2-1-3-5-20/h1-15H,16-17H2. The van der Waals surface area contributed by atoms with Crippen molar-refractivity contribution in [1.82, 2.24) is 19.1 Å². The van der Waals surface area contributed by atoms with Gasteiger partial charge in [0.25, 0.3) is 5.56 Å². The zero-order valence-electron chi connectivity index (χ0n) is 18.5. The molecule has 0 aliphatic carbocycles. The van der Waals surface area contributed by atoms with Crippen molar-refractivity contribution in [2.24, 2.45) is 0 Å². The monoisotopic (exact) mass is 482 g/mol. The van der Waals surface area contributed by atoms with Gasteiger partial charge in [-0.1, -0.05) is 78.3 Å². The number of aromatic nitrogens is 4. The summed E-state index contributed by atoms with van der Waals surface area (Å²) in [4.78, 5) is 47.6. The van der Waals surface area contributed by atoms with Crippen molar-refractivity contribution in [3.05, 3.63) is 139 Å². The molecular weight excluding hydrogens is 464 g/mol. The van der Waals surface area contributed by atoms with Crippen molar-refractivity contribution < 1.29 is 4.79 Å². The Morgan fingerprint density at radius 2 is 1.29 bits per heavy atom. The Morgan fingerprint density at radius 3 is 1.97 bits per heavy atom. The Hall–Kier alpha value is -4.36. The molecule has 172 valence electrons. The van der Waals surface area contributed by atoms with Crippen molar-refractivity contribution in [1.29, 1.82) is 0 Å². The second kappa shape index (κ2) is 9.48. The molecule has 0 aliphatic heterocycles. The Kier molecular flexibility index (Phi) is 6.08. The van der Waals surface area contributed by atoms with Gasteiger partial charge >= 0.3 is 5.69 Å². The average Bonchev–Trinajstić information content (AvgIpc) is 2.90. The Morgan fingerprint density at radius 1 is 0.714 bits per heavy atom. The fourth-order valence-corrected chi connectivity index (χ4v) is 4.01. The van der Waals surface area contributed by atoms with Crippen LogP contribution in [0.4, 0.5) is 0 Å². The van der Waals surface area contributed by atoms with E-state index in [0.29, 0.717) is 16.1 Å². The summed E-state index contributed by atoms with van der Waals surface area (Å²) >= 11 is 5.96. The molecule has 0 bridgehead atoms. The third-order valence-electron chi connectivity index (χ3n) is 5.69. The Labute approximate surface area is 204 Å². The molecule has 2 aromatic heterocycles. The van der Waals surface area contributed by atoms with E-state index in [9.17, 15) is 14.4 Å². The van der Waals surface area contributed by atoms with E-state index < -0.39 is 11.2 Å². The molecule has 0 saturated heterocycles. The van der Waals surface area contributed by atoms with E-state index in [1.54, 1.807) is 60.7 Å². The van der Waals surface area contributed by atoms with E-state index in [-0.39, 0.29) is 30.0 Å². The number of halogens is 1. The van der Waals surface area contributed by atoms with E-state index in [0.717, 1.165) is 15.7 Å². The predicted molar refractivity (Wildman–Crippen MR) is 134 cm³/mol. The molecule has 5 aromatic rings. The van der Waals surface area contributed by atoms with Gasteiger partial charge in [-0.25, -0.2) is 14.8 Å². The lowest BCUT2D eigenvalue weighted by Gasteiger charge is -2.13. The van der Waals surface area contributed by atoms with E-state index in [1.807, 2.05) is 18.2 Å². The van der Waals surface area contributed by atoms with Gasteiger partial charge in [0, 0.05) is 28.5 Å². The molecule has 2 heterocycles. The summed E-state index contributed by atoms with van der Waals surface area (Å²) in [7, 11) is 0. The van der Waals surface area contributed by atoms with Gasteiger partial charge in [-0.3, -0.25) is 18.7 Å². The summed E-state index contributed by atoms with van der Waals surface area (Å²) in [6.45, 7) is 0.237. The van der Waals surface area contributed by atoms with Crippen molar-refractivity contribution in [3.8, 4) is 0 Å². The zero-order chi connectivity index (χ0) is 24.4. The fourth-order valence-electron chi connectivity index (χ4n) is 3.88. The first-order valence-electron chi connectivity index (χ1n) is 10.9. The highest BCUT2D eigenvalue weighted by atomic mass is 35.5. The second-order valence-corrected chi connectivity index (χ2v) is 8.44. The van der Waals surface area contributed by atoms with E-state index in [1.165, 1.54) is 17.0 Å². The summed E-state index contributed by atoms with van der Waals surface area (Å²) in [5.41, 5.74) is 2.00. The maximum Gasteiger partial charge on any atom is 0.333 e. The van der Waals surface area contributed by atoms with Gasteiger partial charge < -0.3 is 0 Å². The van der Waals surface area contributed by atoms with Crippen molar-refractivity contribution >= 4 is 28.5 Å². The van der Waals surface area contributed by atoms with Gasteiger partial charge in [-0.05, 0) is 23.3 Å². The highest BCUT2D eigenvalue weighted by Crippen LogP contribution is 2.14. The van der Waals surface area contributed by atoms with Crippen molar-refractivity contribution in [2.45, 2.75) is 13.1 Å². The van der Waals surface area contributed by atoms with Crippen LogP contribution >= 0.6 is 11.6 Å². The van der Waals surface area contributed by atoms with E-state index >= 15 is 0 Å². The molecule has 0 saturated carbocycles. The van der Waals surface area contributed by atoms with Crippen LogP contribution in [-0.4, -0.2) is 24.9 Å². The lowest BCUT2D eigenvalue weighted by molar-refractivity contribution is 0.103. The molecule has 0 N–H and O–H groups in total. The third kappa shape index (κ3) is 4.54. The van der Waals surface area contributed by atoms with Gasteiger partial charge in [-0.2, -0.15) is 0 Å².